The maximum atomic E-state index is 9.99. The van der Waals surface area contributed by atoms with Crippen molar-refractivity contribution in [2.75, 3.05) is 0 Å². The number of aromatic nitrogens is 1. The van der Waals surface area contributed by atoms with Crippen LogP contribution in [0.1, 0.15) is 64.4 Å². The summed E-state index contributed by atoms with van der Waals surface area (Å²) in [6, 6.07) is 4.01. The molecule has 0 unspecified atom stereocenters. The van der Waals surface area contributed by atoms with Gasteiger partial charge in [0.05, 0.1) is 11.4 Å². The van der Waals surface area contributed by atoms with Gasteiger partial charge in [0.15, 0.2) is 0 Å². The van der Waals surface area contributed by atoms with E-state index < -0.39 is 0 Å². The maximum absolute atomic E-state index is 9.99. The Balaban J connectivity index is 1.50. The van der Waals surface area contributed by atoms with Crippen LogP contribution in [0.4, 0.5) is 0 Å². The monoisotopic (exact) mass is 405 g/mol. The Morgan fingerprint density at radius 1 is 1.07 bits per heavy atom. The number of hydrogen-bond donors (Lipinski definition) is 2. The van der Waals surface area contributed by atoms with Crippen LogP contribution >= 0.6 is 0 Å². The second-order valence-electron chi connectivity index (χ2n) is 10.2. The van der Waals surface area contributed by atoms with E-state index in [9.17, 15) is 10.4 Å². The lowest BCUT2D eigenvalue weighted by molar-refractivity contribution is -0.0151. The zero-order chi connectivity index (χ0) is 20.9. The summed E-state index contributed by atoms with van der Waals surface area (Å²) >= 11 is 0. The number of pyridine rings is 1. The van der Waals surface area contributed by atoms with Gasteiger partial charge in [-0.05, 0) is 97.5 Å². The average molecular weight is 406 g/mol. The van der Waals surface area contributed by atoms with Crippen LogP contribution in [-0.2, 0) is 0 Å². The van der Waals surface area contributed by atoms with Crippen molar-refractivity contribution in [3.63, 3.8) is 0 Å². The third kappa shape index (κ3) is 2.78. The predicted molar refractivity (Wildman–Crippen MR) is 118 cm³/mol. The van der Waals surface area contributed by atoms with Crippen molar-refractivity contribution in [1.82, 2.24) is 4.98 Å². The van der Waals surface area contributed by atoms with Crippen LogP contribution in [0.5, 0.6) is 0 Å². The first-order valence-corrected chi connectivity index (χ1v) is 11.2. The van der Waals surface area contributed by atoms with Crippen molar-refractivity contribution in [1.29, 1.82) is 0 Å². The number of fused-ring (bicyclic) bond motifs is 5. The van der Waals surface area contributed by atoms with Gasteiger partial charge in [0.25, 0.3) is 0 Å². The molecule has 1 aromatic heterocycles. The molecule has 158 valence electrons. The Hall–Kier alpha value is -2.43. The molecular formula is C25H31N3O2. The third-order valence-electron chi connectivity index (χ3n) is 8.91. The van der Waals surface area contributed by atoms with Gasteiger partial charge >= 0.3 is 0 Å². The Bertz CT molecular complexity index is 964. The molecule has 0 saturated heterocycles. The van der Waals surface area contributed by atoms with E-state index >= 15 is 0 Å². The summed E-state index contributed by atoms with van der Waals surface area (Å²) in [4.78, 5) is 4.24. The first kappa shape index (κ1) is 19.5. The molecule has 1 aromatic rings. The summed E-state index contributed by atoms with van der Waals surface area (Å²) in [6.07, 6.45) is 15.4. The molecule has 5 heteroatoms. The zero-order valence-corrected chi connectivity index (χ0v) is 17.9. The molecule has 2 N–H and O–H groups in total. The molecule has 1 heterocycles. The van der Waals surface area contributed by atoms with Gasteiger partial charge in [0.2, 0.25) is 0 Å². The molecule has 4 aliphatic carbocycles. The Labute approximate surface area is 178 Å². The fourth-order valence-electron chi connectivity index (χ4n) is 7.31. The van der Waals surface area contributed by atoms with Crippen LogP contribution < -0.4 is 0 Å². The molecule has 5 rings (SSSR count). The Morgan fingerprint density at radius 3 is 2.67 bits per heavy atom. The summed E-state index contributed by atoms with van der Waals surface area (Å²) in [6.45, 7) is 4.76. The minimum atomic E-state index is -0.0616. The zero-order valence-electron chi connectivity index (χ0n) is 17.9. The average Bonchev–Trinajstić information content (AvgIpc) is 3.04. The van der Waals surface area contributed by atoms with Crippen molar-refractivity contribution >= 4 is 17.5 Å². The van der Waals surface area contributed by atoms with E-state index in [1.54, 1.807) is 6.20 Å². The molecule has 0 bridgehead atoms. The second-order valence-corrected chi connectivity index (χ2v) is 10.2. The van der Waals surface area contributed by atoms with E-state index in [0.717, 1.165) is 55.5 Å². The van der Waals surface area contributed by atoms with Gasteiger partial charge in [-0.25, -0.2) is 0 Å². The number of hydrogen-bond acceptors (Lipinski definition) is 5. The maximum Gasteiger partial charge on any atom is 0.0889 e. The molecule has 0 radical (unpaired) electrons. The van der Waals surface area contributed by atoms with E-state index in [1.807, 2.05) is 12.3 Å². The third-order valence-corrected chi connectivity index (χ3v) is 8.91. The van der Waals surface area contributed by atoms with Gasteiger partial charge in [-0.3, -0.25) is 4.98 Å². The fourth-order valence-corrected chi connectivity index (χ4v) is 7.31. The molecule has 4 aliphatic rings. The highest BCUT2D eigenvalue weighted by Gasteiger charge is 2.59. The van der Waals surface area contributed by atoms with Gasteiger partial charge in [0, 0.05) is 17.8 Å². The molecular weight excluding hydrogens is 374 g/mol. The lowest BCUT2D eigenvalue weighted by atomic mass is 9.47. The molecule has 0 amide bonds. The fraction of sp³-hybridized carbons (Fsp3) is 0.560. The van der Waals surface area contributed by atoms with Crippen molar-refractivity contribution in [3.05, 3.63) is 47.3 Å². The molecule has 3 fully saturated rings. The van der Waals surface area contributed by atoms with Crippen LogP contribution in [0.25, 0.3) is 6.08 Å². The van der Waals surface area contributed by atoms with Crippen molar-refractivity contribution in [2.24, 2.45) is 38.9 Å². The van der Waals surface area contributed by atoms with Gasteiger partial charge in [0.1, 0.15) is 0 Å². The standard InChI is InChI=1S/C25H31N3O2/c1-24-9-7-19(27-29)14-18(24)5-6-20-21(24)8-10-25(2)22(20)13-17(23(25)28-30)12-16-4-3-11-26-15-16/h3-4,11-12,14-15,20-22,29-30H,5-10,13H2,1-2H3/t20-,21+,22+,24+,25+/m1/s1. The number of nitrogens with zero attached hydrogens (tertiary/aromatic N) is 3. The van der Waals surface area contributed by atoms with Crippen LogP contribution in [0, 0.1) is 28.6 Å². The highest BCUT2D eigenvalue weighted by atomic mass is 16.4. The van der Waals surface area contributed by atoms with Gasteiger partial charge in [-0.1, -0.05) is 35.8 Å². The lowest BCUT2D eigenvalue weighted by Gasteiger charge is -2.57. The Morgan fingerprint density at radius 2 is 1.93 bits per heavy atom. The van der Waals surface area contributed by atoms with Crippen molar-refractivity contribution in [3.8, 4) is 0 Å². The van der Waals surface area contributed by atoms with Gasteiger partial charge in [-0.15, -0.1) is 0 Å². The normalized spacial score (nSPS) is 42.0. The van der Waals surface area contributed by atoms with E-state index in [0.29, 0.717) is 17.8 Å². The first-order chi connectivity index (χ1) is 14.5. The van der Waals surface area contributed by atoms with E-state index in [1.165, 1.54) is 17.6 Å². The van der Waals surface area contributed by atoms with Gasteiger partial charge in [-0.2, -0.15) is 0 Å². The minimum Gasteiger partial charge on any atom is -0.411 e. The highest BCUT2D eigenvalue weighted by Crippen LogP contribution is 2.65. The van der Waals surface area contributed by atoms with E-state index in [2.05, 4.69) is 47.4 Å². The van der Waals surface area contributed by atoms with Gasteiger partial charge < -0.3 is 10.4 Å². The smallest absolute Gasteiger partial charge is 0.0889 e. The number of allylic oxidation sites excluding steroid dienone is 3. The van der Waals surface area contributed by atoms with E-state index in [-0.39, 0.29) is 10.8 Å². The topological polar surface area (TPSA) is 78.1 Å². The molecule has 5 nitrogen and oxygen atoms in total. The molecule has 0 aromatic carbocycles. The van der Waals surface area contributed by atoms with Crippen LogP contribution in [0.3, 0.4) is 0 Å². The first-order valence-electron chi connectivity index (χ1n) is 11.2. The SMILES string of the molecule is C[C@]12CCC(=NO)C=C1CC[C@@H]1[C@@H]2CC[C@]2(C)C(=NO)C(=Cc3cccnc3)C[C@@H]12. The Kier molecular flexibility index (Phi) is 4.60. The lowest BCUT2D eigenvalue weighted by Crippen LogP contribution is -2.50. The van der Waals surface area contributed by atoms with E-state index in [4.69, 9.17) is 0 Å². The highest BCUT2D eigenvalue weighted by molar-refractivity contribution is 6.09. The summed E-state index contributed by atoms with van der Waals surface area (Å²) in [5.74, 6) is 1.79. The largest absolute Gasteiger partial charge is 0.411 e. The van der Waals surface area contributed by atoms with Crippen molar-refractivity contribution in [2.45, 2.75) is 58.8 Å². The van der Waals surface area contributed by atoms with Crippen LogP contribution in [0.2, 0.25) is 0 Å². The molecule has 3 saturated carbocycles. The second kappa shape index (κ2) is 7.07. The summed E-state index contributed by atoms with van der Waals surface area (Å²) in [5, 5.41) is 26.6. The molecule has 5 atom stereocenters. The minimum absolute atomic E-state index is 0.0616. The van der Waals surface area contributed by atoms with Crippen molar-refractivity contribution < 1.29 is 10.4 Å². The summed E-state index contributed by atoms with van der Waals surface area (Å²) in [7, 11) is 0. The summed E-state index contributed by atoms with van der Waals surface area (Å²) < 4.78 is 0. The number of rotatable bonds is 1. The summed E-state index contributed by atoms with van der Waals surface area (Å²) in [5.41, 5.74) is 5.57. The molecule has 30 heavy (non-hydrogen) atoms. The number of oxime groups is 2. The molecule has 0 aliphatic heterocycles. The van der Waals surface area contributed by atoms with Crippen LogP contribution in [0.15, 0.2) is 52.1 Å². The quantitative estimate of drug-likeness (QED) is 0.465. The predicted octanol–water partition coefficient (Wildman–Crippen LogP) is 5.70. The molecule has 0 spiro atoms. The van der Waals surface area contributed by atoms with Crippen LogP contribution in [-0.4, -0.2) is 26.8 Å².